The summed E-state index contributed by atoms with van der Waals surface area (Å²) in [7, 11) is 0. The van der Waals surface area contributed by atoms with Gasteiger partial charge >= 0.3 is 5.97 Å². The largest absolute Gasteiger partial charge is 0.481 e. The Kier molecular flexibility index (Phi) is 5.29. The highest BCUT2D eigenvalue weighted by Crippen LogP contribution is 2.32. The lowest BCUT2D eigenvalue weighted by Crippen LogP contribution is -2.43. The van der Waals surface area contributed by atoms with Crippen molar-refractivity contribution in [2.75, 3.05) is 0 Å². The Balaban J connectivity index is 4.75. The van der Waals surface area contributed by atoms with Crippen molar-refractivity contribution in [1.82, 2.24) is 0 Å². The lowest BCUT2D eigenvalue weighted by Gasteiger charge is -2.35. The standard InChI is InChI=1S/C12H24O3/c1-8(2)6-12(15,7-9(3)4)10(5)11(13)14/h8-10,15H,6-7H2,1-5H3,(H,13,14). The molecule has 0 saturated heterocycles. The summed E-state index contributed by atoms with van der Waals surface area (Å²) < 4.78 is 0. The molecule has 3 heteroatoms. The number of carboxylic acids is 1. The summed E-state index contributed by atoms with van der Waals surface area (Å²) in [4.78, 5) is 10.9. The number of carbonyl (C=O) groups is 1. The van der Waals surface area contributed by atoms with E-state index in [1.807, 2.05) is 27.7 Å². The zero-order valence-electron chi connectivity index (χ0n) is 10.4. The van der Waals surface area contributed by atoms with Crippen molar-refractivity contribution in [1.29, 1.82) is 0 Å². The lowest BCUT2D eigenvalue weighted by molar-refractivity contribution is -0.153. The van der Waals surface area contributed by atoms with Gasteiger partial charge in [0, 0.05) is 0 Å². The van der Waals surface area contributed by atoms with Gasteiger partial charge in [0.25, 0.3) is 0 Å². The van der Waals surface area contributed by atoms with Crippen LogP contribution in [0, 0.1) is 17.8 Å². The highest BCUT2D eigenvalue weighted by molar-refractivity contribution is 5.71. The molecule has 0 aliphatic heterocycles. The van der Waals surface area contributed by atoms with Crippen LogP contribution < -0.4 is 0 Å². The van der Waals surface area contributed by atoms with Crippen molar-refractivity contribution in [3.63, 3.8) is 0 Å². The molecule has 0 spiro atoms. The van der Waals surface area contributed by atoms with E-state index < -0.39 is 17.5 Å². The Bertz CT molecular complexity index is 199. The van der Waals surface area contributed by atoms with E-state index in [1.54, 1.807) is 6.92 Å². The Hall–Kier alpha value is -0.570. The van der Waals surface area contributed by atoms with Gasteiger partial charge in [-0.2, -0.15) is 0 Å². The Morgan fingerprint density at radius 3 is 1.60 bits per heavy atom. The number of hydrogen-bond acceptors (Lipinski definition) is 2. The molecule has 0 aliphatic carbocycles. The zero-order chi connectivity index (χ0) is 12.2. The van der Waals surface area contributed by atoms with E-state index in [9.17, 15) is 9.90 Å². The normalized spacial score (nSPS) is 14.7. The van der Waals surface area contributed by atoms with Crippen LogP contribution in [0.3, 0.4) is 0 Å². The van der Waals surface area contributed by atoms with Crippen LogP contribution in [-0.2, 0) is 4.79 Å². The molecule has 15 heavy (non-hydrogen) atoms. The fraction of sp³-hybridized carbons (Fsp3) is 0.917. The summed E-state index contributed by atoms with van der Waals surface area (Å²) in [5.74, 6) is -1.02. The predicted octanol–water partition coefficient (Wildman–Crippen LogP) is 2.53. The van der Waals surface area contributed by atoms with Gasteiger partial charge < -0.3 is 10.2 Å². The molecule has 1 atom stereocenters. The van der Waals surface area contributed by atoms with Gasteiger partial charge in [-0.25, -0.2) is 0 Å². The van der Waals surface area contributed by atoms with Gasteiger partial charge in [-0.05, 0) is 31.6 Å². The second-order valence-electron chi connectivity index (χ2n) is 5.36. The summed E-state index contributed by atoms with van der Waals surface area (Å²) in [5.41, 5.74) is -1.08. The fourth-order valence-electron chi connectivity index (χ4n) is 2.08. The molecule has 3 nitrogen and oxygen atoms in total. The average molecular weight is 216 g/mol. The lowest BCUT2D eigenvalue weighted by atomic mass is 9.76. The van der Waals surface area contributed by atoms with Crippen LogP contribution in [0.4, 0.5) is 0 Å². The highest BCUT2D eigenvalue weighted by Gasteiger charge is 2.39. The smallest absolute Gasteiger partial charge is 0.309 e. The Morgan fingerprint density at radius 2 is 1.40 bits per heavy atom. The van der Waals surface area contributed by atoms with Crippen LogP contribution in [-0.4, -0.2) is 21.8 Å². The van der Waals surface area contributed by atoms with E-state index >= 15 is 0 Å². The Labute approximate surface area is 92.5 Å². The molecule has 0 amide bonds. The van der Waals surface area contributed by atoms with Crippen molar-refractivity contribution >= 4 is 5.97 Å². The first-order valence-corrected chi connectivity index (χ1v) is 5.64. The number of rotatable bonds is 6. The molecule has 90 valence electrons. The average Bonchev–Trinajstić information content (AvgIpc) is 1.99. The van der Waals surface area contributed by atoms with Crippen molar-refractivity contribution in [2.45, 2.75) is 53.1 Å². The molecule has 0 aliphatic rings. The summed E-state index contributed by atoms with van der Waals surface area (Å²) in [6, 6.07) is 0. The maximum Gasteiger partial charge on any atom is 0.309 e. The van der Waals surface area contributed by atoms with E-state index in [4.69, 9.17) is 5.11 Å². The summed E-state index contributed by atoms with van der Waals surface area (Å²) >= 11 is 0. The third kappa shape index (κ3) is 4.65. The van der Waals surface area contributed by atoms with Crippen LogP contribution in [0.25, 0.3) is 0 Å². The molecular weight excluding hydrogens is 192 g/mol. The molecule has 1 unspecified atom stereocenters. The zero-order valence-corrected chi connectivity index (χ0v) is 10.4. The van der Waals surface area contributed by atoms with Crippen LogP contribution in [0.2, 0.25) is 0 Å². The van der Waals surface area contributed by atoms with Crippen LogP contribution in [0.5, 0.6) is 0 Å². The summed E-state index contributed by atoms with van der Waals surface area (Å²) in [6.07, 6.45) is 1.08. The third-order valence-electron chi connectivity index (χ3n) is 2.70. The molecule has 0 aromatic heterocycles. The molecule has 0 bridgehead atoms. The van der Waals surface area contributed by atoms with Gasteiger partial charge in [-0.3, -0.25) is 4.79 Å². The molecular formula is C12H24O3. The highest BCUT2D eigenvalue weighted by atomic mass is 16.4. The van der Waals surface area contributed by atoms with Gasteiger partial charge in [0.05, 0.1) is 11.5 Å². The van der Waals surface area contributed by atoms with E-state index in [2.05, 4.69) is 0 Å². The van der Waals surface area contributed by atoms with E-state index in [1.165, 1.54) is 0 Å². The quantitative estimate of drug-likeness (QED) is 0.717. The molecule has 0 rings (SSSR count). The van der Waals surface area contributed by atoms with Crippen LogP contribution >= 0.6 is 0 Å². The maximum absolute atomic E-state index is 10.9. The second kappa shape index (κ2) is 5.50. The number of carboxylic acid groups (broad SMARTS) is 1. The first-order chi connectivity index (χ1) is 6.69. The SMILES string of the molecule is CC(C)CC(O)(CC(C)C)C(C)C(=O)O. The number of aliphatic hydroxyl groups is 1. The molecule has 0 saturated carbocycles. The molecule has 0 radical (unpaired) electrons. The first kappa shape index (κ1) is 14.4. The first-order valence-electron chi connectivity index (χ1n) is 5.64. The van der Waals surface area contributed by atoms with Gasteiger partial charge in [-0.1, -0.05) is 27.7 Å². The fourth-order valence-corrected chi connectivity index (χ4v) is 2.08. The van der Waals surface area contributed by atoms with Crippen molar-refractivity contribution in [3.8, 4) is 0 Å². The monoisotopic (exact) mass is 216 g/mol. The van der Waals surface area contributed by atoms with Gasteiger partial charge in [0.15, 0.2) is 0 Å². The molecule has 0 heterocycles. The van der Waals surface area contributed by atoms with E-state index in [0.29, 0.717) is 24.7 Å². The summed E-state index contributed by atoms with van der Waals surface area (Å²) in [5, 5.41) is 19.4. The van der Waals surface area contributed by atoms with E-state index in [-0.39, 0.29) is 0 Å². The summed E-state index contributed by atoms with van der Waals surface area (Å²) in [6.45, 7) is 9.59. The minimum Gasteiger partial charge on any atom is -0.481 e. The number of aliphatic carboxylic acids is 1. The maximum atomic E-state index is 10.9. The van der Waals surface area contributed by atoms with E-state index in [0.717, 1.165) is 0 Å². The van der Waals surface area contributed by atoms with Gasteiger partial charge in [0.2, 0.25) is 0 Å². The number of hydrogen-bond donors (Lipinski definition) is 2. The van der Waals surface area contributed by atoms with Crippen molar-refractivity contribution in [2.24, 2.45) is 17.8 Å². The van der Waals surface area contributed by atoms with Crippen LogP contribution in [0.1, 0.15) is 47.5 Å². The topological polar surface area (TPSA) is 57.5 Å². The molecule has 0 fully saturated rings. The minimum atomic E-state index is -1.08. The van der Waals surface area contributed by atoms with Gasteiger partial charge in [0.1, 0.15) is 0 Å². The third-order valence-corrected chi connectivity index (χ3v) is 2.70. The second-order valence-corrected chi connectivity index (χ2v) is 5.36. The molecule has 0 aromatic rings. The van der Waals surface area contributed by atoms with Crippen molar-refractivity contribution < 1.29 is 15.0 Å². The minimum absolute atomic E-state index is 0.301. The molecule has 2 N–H and O–H groups in total. The van der Waals surface area contributed by atoms with Crippen LogP contribution in [0.15, 0.2) is 0 Å². The van der Waals surface area contributed by atoms with Crippen molar-refractivity contribution in [3.05, 3.63) is 0 Å². The Morgan fingerprint density at radius 1 is 1.07 bits per heavy atom. The predicted molar refractivity (Wildman–Crippen MR) is 60.7 cm³/mol. The molecule has 0 aromatic carbocycles. The van der Waals surface area contributed by atoms with Gasteiger partial charge in [-0.15, -0.1) is 0 Å².